The molecule has 1 aliphatic heterocycles. The van der Waals surface area contributed by atoms with Crippen LogP contribution in [0.5, 0.6) is 5.75 Å². The lowest BCUT2D eigenvalue weighted by atomic mass is 9.99. The van der Waals surface area contributed by atoms with Gasteiger partial charge in [-0.25, -0.2) is 0 Å². The Bertz CT molecular complexity index is 880. The molecule has 2 aromatic rings. The van der Waals surface area contributed by atoms with Gasteiger partial charge in [0.25, 0.3) is 0 Å². The van der Waals surface area contributed by atoms with Crippen LogP contribution in [0.2, 0.25) is 0 Å². The molecule has 2 aromatic carbocycles. The lowest BCUT2D eigenvalue weighted by molar-refractivity contribution is -0.135. The van der Waals surface area contributed by atoms with E-state index in [1.807, 2.05) is 41.3 Å². The molecule has 1 fully saturated rings. The number of benzene rings is 2. The Hall–Kier alpha value is -2.82. The molecule has 2 amide bonds. The molecule has 1 saturated carbocycles. The van der Waals surface area contributed by atoms with Crippen molar-refractivity contribution >= 4 is 11.8 Å². The van der Waals surface area contributed by atoms with Crippen LogP contribution in [0, 0.1) is 11.8 Å². The highest BCUT2D eigenvalue weighted by Crippen LogP contribution is 2.41. The number of methoxy groups -OCH3 is 1. The predicted octanol–water partition coefficient (Wildman–Crippen LogP) is 2.57. The fourth-order valence-corrected chi connectivity index (χ4v) is 3.97. The zero-order valence-electron chi connectivity index (χ0n) is 16.2. The molecular formula is C23H26N2O3. The quantitative estimate of drug-likeness (QED) is 0.841. The van der Waals surface area contributed by atoms with E-state index >= 15 is 0 Å². The van der Waals surface area contributed by atoms with Crippen LogP contribution in [0.1, 0.15) is 23.1 Å². The standard InChI is InChI=1S/C23H26N2O3/c1-28-19-8-4-5-16(13-19)9-11-24-22(26)20-14-21(20)23(27)25-12-10-17-6-2-3-7-18(17)15-25/h2-8,13,20-21H,9-12,14-15H2,1H3,(H,24,26). The van der Waals surface area contributed by atoms with Gasteiger partial charge >= 0.3 is 0 Å². The van der Waals surface area contributed by atoms with Crippen molar-refractivity contribution in [1.29, 1.82) is 0 Å². The average Bonchev–Trinajstić information content (AvgIpc) is 3.54. The number of carbonyl (C=O) groups is 2. The summed E-state index contributed by atoms with van der Waals surface area (Å²) in [5.41, 5.74) is 3.67. The van der Waals surface area contributed by atoms with Crippen molar-refractivity contribution in [3.63, 3.8) is 0 Å². The summed E-state index contributed by atoms with van der Waals surface area (Å²) in [7, 11) is 1.64. The maximum absolute atomic E-state index is 12.8. The summed E-state index contributed by atoms with van der Waals surface area (Å²) in [5.74, 6) is 0.623. The van der Waals surface area contributed by atoms with Gasteiger partial charge in [-0.2, -0.15) is 0 Å². The van der Waals surface area contributed by atoms with Crippen molar-refractivity contribution in [2.24, 2.45) is 11.8 Å². The van der Waals surface area contributed by atoms with Crippen LogP contribution in [0.25, 0.3) is 0 Å². The molecule has 0 aromatic heterocycles. The summed E-state index contributed by atoms with van der Waals surface area (Å²) in [6.07, 6.45) is 2.31. The van der Waals surface area contributed by atoms with E-state index in [0.29, 0.717) is 19.5 Å². The molecule has 5 nitrogen and oxygen atoms in total. The zero-order chi connectivity index (χ0) is 19.5. The first-order valence-electron chi connectivity index (χ1n) is 9.92. The summed E-state index contributed by atoms with van der Waals surface area (Å²) in [5, 5.41) is 2.98. The highest BCUT2D eigenvalue weighted by atomic mass is 16.5. The first-order chi connectivity index (χ1) is 13.7. The van der Waals surface area contributed by atoms with E-state index in [0.717, 1.165) is 30.7 Å². The monoisotopic (exact) mass is 378 g/mol. The Morgan fingerprint density at radius 3 is 2.75 bits per heavy atom. The van der Waals surface area contributed by atoms with Gasteiger partial charge in [-0.1, -0.05) is 36.4 Å². The second kappa shape index (κ2) is 8.05. The molecule has 1 N–H and O–H groups in total. The van der Waals surface area contributed by atoms with Gasteiger partial charge in [0, 0.05) is 19.6 Å². The third-order valence-electron chi connectivity index (χ3n) is 5.73. The maximum atomic E-state index is 12.8. The van der Waals surface area contributed by atoms with Crippen molar-refractivity contribution in [3.8, 4) is 5.75 Å². The highest BCUT2D eigenvalue weighted by Gasteiger charge is 2.49. The van der Waals surface area contributed by atoms with Crippen molar-refractivity contribution in [3.05, 3.63) is 65.2 Å². The lowest BCUT2D eigenvalue weighted by Gasteiger charge is -2.29. The molecule has 4 rings (SSSR count). The summed E-state index contributed by atoms with van der Waals surface area (Å²) in [6, 6.07) is 16.1. The van der Waals surface area contributed by atoms with Crippen LogP contribution in [-0.2, 0) is 29.0 Å². The topological polar surface area (TPSA) is 58.6 Å². The number of ether oxygens (including phenoxy) is 1. The van der Waals surface area contributed by atoms with Gasteiger partial charge in [0.15, 0.2) is 0 Å². The van der Waals surface area contributed by atoms with Crippen molar-refractivity contribution in [2.45, 2.75) is 25.8 Å². The highest BCUT2D eigenvalue weighted by molar-refractivity contribution is 5.92. The number of fused-ring (bicyclic) bond motifs is 1. The molecule has 0 spiro atoms. The Morgan fingerprint density at radius 2 is 1.93 bits per heavy atom. The molecule has 0 saturated heterocycles. The molecule has 1 heterocycles. The summed E-state index contributed by atoms with van der Waals surface area (Å²) >= 11 is 0. The average molecular weight is 378 g/mol. The number of rotatable bonds is 6. The largest absolute Gasteiger partial charge is 0.497 e. The van der Waals surface area contributed by atoms with E-state index in [9.17, 15) is 9.59 Å². The van der Waals surface area contributed by atoms with E-state index in [1.54, 1.807) is 7.11 Å². The number of nitrogens with one attached hydrogen (secondary N) is 1. The third-order valence-corrected chi connectivity index (χ3v) is 5.73. The molecule has 0 bridgehead atoms. The number of carbonyl (C=O) groups excluding carboxylic acids is 2. The van der Waals surface area contributed by atoms with Crippen LogP contribution in [-0.4, -0.2) is 36.9 Å². The van der Waals surface area contributed by atoms with E-state index in [4.69, 9.17) is 4.74 Å². The number of hydrogen-bond donors (Lipinski definition) is 1. The minimum atomic E-state index is -0.171. The summed E-state index contributed by atoms with van der Waals surface area (Å²) < 4.78 is 5.22. The van der Waals surface area contributed by atoms with Crippen LogP contribution in [0.3, 0.4) is 0 Å². The van der Waals surface area contributed by atoms with Crippen molar-refractivity contribution in [1.82, 2.24) is 10.2 Å². The number of nitrogens with zero attached hydrogens (tertiary/aromatic N) is 1. The van der Waals surface area contributed by atoms with Gasteiger partial charge in [0.1, 0.15) is 5.75 Å². The van der Waals surface area contributed by atoms with Crippen LogP contribution < -0.4 is 10.1 Å². The van der Waals surface area contributed by atoms with Gasteiger partial charge in [0.2, 0.25) is 11.8 Å². The van der Waals surface area contributed by atoms with Gasteiger partial charge < -0.3 is 15.0 Å². The molecule has 2 atom stereocenters. The van der Waals surface area contributed by atoms with Gasteiger partial charge in [-0.3, -0.25) is 9.59 Å². The van der Waals surface area contributed by atoms with Crippen LogP contribution in [0.15, 0.2) is 48.5 Å². The molecule has 146 valence electrons. The molecule has 28 heavy (non-hydrogen) atoms. The van der Waals surface area contributed by atoms with Crippen molar-refractivity contribution in [2.75, 3.05) is 20.2 Å². The minimum absolute atomic E-state index is 0.00124. The van der Waals surface area contributed by atoms with E-state index in [-0.39, 0.29) is 23.7 Å². The molecule has 5 heteroatoms. The minimum Gasteiger partial charge on any atom is -0.497 e. The lowest BCUT2D eigenvalue weighted by Crippen LogP contribution is -2.38. The van der Waals surface area contributed by atoms with Gasteiger partial charge in [0.05, 0.1) is 18.9 Å². The number of hydrogen-bond acceptors (Lipinski definition) is 3. The first-order valence-corrected chi connectivity index (χ1v) is 9.92. The third kappa shape index (κ3) is 4.03. The molecule has 0 radical (unpaired) electrons. The fourth-order valence-electron chi connectivity index (χ4n) is 3.97. The normalized spacial score (nSPS) is 20.2. The zero-order valence-corrected chi connectivity index (χ0v) is 16.2. The van der Waals surface area contributed by atoms with Crippen molar-refractivity contribution < 1.29 is 14.3 Å². The molecular weight excluding hydrogens is 352 g/mol. The van der Waals surface area contributed by atoms with E-state index < -0.39 is 0 Å². The molecule has 2 unspecified atom stereocenters. The second-order valence-corrected chi connectivity index (χ2v) is 7.62. The van der Waals surface area contributed by atoms with Crippen LogP contribution >= 0.6 is 0 Å². The van der Waals surface area contributed by atoms with E-state index in [2.05, 4.69) is 17.4 Å². The van der Waals surface area contributed by atoms with Gasteiger partial charge in [-0.15, -0.1) is 0 Å². The Kier molecular flexibility index (Phi) is 5.33. The Labute approximate surface area is 165 Å². The molecule has 1 aliphatic carbocycles. The second-order valence-electron chi connectivity index (χ2n) is 7.62. The SMILES string of the molecule is COc1cccc(CCNC(=O)C2CC2C(=O)N2CCc3ccccc3C2)c1. The smallest absolute Gasteiger partial charge is 0.226 e. The van der Waals surface area contributed by atoms with E-state index in [1.165, 1.54) is 11.1 Å². The summed E-state index contributed by atoms with van der Waals surface area (Å²) in [6.45, 7) is 1.98. The number of amides is 2. The predicted molar refractivity (Wildman–Crippen MR) is 107 cm³/mol. The fraction of sp³-hybridized carbons (Fsp3) is 0.391. The maximum Gasteiger partial charge on any atom is 0.226 e. The summed E-state index contributed by atoms with van der Waals surface area (Å²) in [4.78, 5) is 27.1. The Balaban J connectivity index is 1.24. The Morgan fingerprint density at radius 1 is 1.11 bits per heavy atom. The van der Waals surface area contributed by atoms with Gasteiger partial charge in [-0.05, 0) is 48.1 Å². The first kappa shape index (κ1) is 18.5. The van der Waals surface area contributed by atoms with Crippen LogP contribution in [0.4, 0.5) is 0 Å². The molecule has 2 aliphatic rings.